The highest BCUT2D eigenvalue weighted by atomic mass is 19.4. The SMILES string of the molecule is CCNC(=O)c1ccc(C(F)(F)F)nc1. The van der Waals surface area contributed by atoms with Crippen molar-refractivity contribution in [3.8, 4) is 0 Å². The minimum atomic E-state index is -4.47. The van der Waals surface area contributed by atoms with Crippen LogP contribution in [-0.4, -0.2) is 17.4 Å². The van der Waals surface area contributed by atoms with Gasteiger partial charge in [0.15, 0.2) is 0 Å². The van der Waals surface area contributed by atoms with Gasteiger partial charge >= 0.3 is 6.18 Å². The van der Waals surface area contributed by atoms with E-state index in [9.17, 15) is 18.0 Å². The number of rotatable bonds is 2. The number of halogens is 3. The molecule has 0 aliphatic rings. The van der Waals surface area contributed by atoms with Gasteiger partial charge in [0.2, 0.25) is 0 Å². The molecule has 0 fully saturated rings. The maximum Gasteiger partial charge on any atom is 0.433 e. The highest BCUT2D eigenvalue weighted by molar-refractivity contribution is 5.93. The second kappa shape index (κ2) is 4.29. The topological polar surface area (TPSA) is 42.0 Å². The number of amides is 1. The lowest BCUT2D eigenvalue weighted by atomic mass is 10.2. The van der Waals surface area contributed by atoms with E-state index < -0.39 is 17.8 Å². The largest absolute Gasteiger partial charge is 0.433 e. The van der Waals surface area contributed by atoms with E-state index in [0.717, 1.165) is 18.3 Å². The van der Waals surface area contributed by atoms with Gasteiger partial charge in [-0.25, -0.2) is 0 Å². The maximum absolute atomic E-state index is 12.1. The van der Waals surface area contributed by atoms with Crippen LogP contribution >= 0.6 is 0 Å². The molecule has 0 aliphatic heterocycles. The first kappa shape index (κ1) is 11.5. The van der Waals surface area contributed by atoms with Crippen molar-refractivity contribution in [3.63, 3.8) is 0 Å². The molecule has 0 saturated carbocycles. The van der Waals surface area contributed by atoms with Gasteiger partial charge in [-0.2, -0.15) is 13.2 Å². The average Bonchev–Trinajstić information content (AvgIpc) is 2.17. The molecular weight excluding hydrogens is 209 g/mol. The first-order valence-corrected chi connectivity index (χ1v) is 4.26. The van der Waals surface area contributed by atoms with Gasteiger partial charge in [-0.05, 0) is 19.1 Å². The molecule has 1 N–H and O–H groups in total. The van der Waals surface area contributed by atoms with Crippen LogP contribution in [0, 0.1) is 0 Å². The van der Waals surface area contributed by atoms with Crippen molar-refractivity contribution in [1.29, 1.82) is 0 Å². The van der Waals surface area contributed by atoms with Crippen molar-refractivity contribution in [2.45, 2.75) is 13.1 Å². The number of nitrogens with zero attached hydrogens (tertiary/aromatic N) is 1. The van der Waals surface area contributed by atoms with E-state index >= 15 is 0 Å². The van der Waals surface area contributed by atoms with E-state index in [1.807, 2.05) is 0 Å². The second-order valence-electron chi connectivity index (χ2n) is 2.79. The summed E-state index contributed by atoms with van der Waals surface area (Å²) < 4.78 is 36.3. The van der Waals surface area contributed by atoms with Gasteiger partial charge in [0.05, 0.1) is 5.56 Å². The summed E-state index contributed by atoms with van der Waals surface area (Å²) in [6, 6.07) is 1.88. The van der Waals surface area contributed by atoms with Crippen LogP contribution in [0.5, 0.6) is 0 Å². The van der Waals surface area contributed by atoms with E-state index in [2.05, 4.69) is 10.3 Å². The number of hydrogen-bond donors (Lipinski definition) is 1. The van der Waals surface area contributed by atoms with E-state index in [0.29, 0.717) is 6.54 Å². The molecule has 1 heterocycles. The standard InChI is InChI=1S/C9H9F3N2O/c1-2-13-8(15)6-3-4-7(14-5-6)9(10,11)12/h3-5H,2H2,1H3,(H,13,15). The first-order valence-electron chi connectivity index (χ1n) is 4.26. The molecule has 0 radical (unpaired) electrons. The number of nitrogens with one attached hydrogen (secondary N) is 1. The van der Waals surface area contributed by atoms with Crippen LogP contribution in [-0.2, 0) is 6.18 Å². The molecule has 0 aromatic carbocycles. The van der Waals surface area contributed by atoms with Crippen molar-refractivity contribution in [2.24, 2.45) is 0 Å². The molecule has 1 aromatic rings. The Balaban J connectivity index is 2.86. The van der Waals surface area contributed by atoms with Gasteiger partial charge in [0.25, 0.3) is 5.91 Å². The summed E-state index contributed by atoms with van der Waals surface area (Å²) in [6.45, 7) is 2.13. The third kappa shape index (κ3) is 2.93. The highest BCUT2D eigenvalue weighted by Gasteiger charge is 2.32. The Morgan fingerprint density at radius 1 is 1.47 bits per heavy atom. The van der Waals surface area contributed by atoms with Gasteiger partial charge in [-0.1, -0.05) is 0 Å². The Morgan fingerprint density at radius 2 is 2.13 bits per heavy atom. The summed E-state index contributed by atoms with van der Waals surface area (Å²) in [5, 5.41) is 2.46. The minimum absolute atomic E-state index is 0.116. The van der Waals surface area contributed by atoms with Gasteiger partial charge in [-0.15, -0.1) is 0 Å². The van der Waals surface area contributed by atoms with Crippen molar-refractivity contribution in [1.82, 2.24) is 10.3 Å². The lowest BCUT2D eigenvalue weighted by Crippen LogP contribution is -2.23. The van der Waals surface area contributed by atoms with E-state index in [4.69, 9.17) is 0 Å². The summed E-state index contributed by atoms with van der Waals surface area (Å²) in [6.07, 6.45) is -3.56. The van der Waals surface area contributed by atoms with Crippen LogP contribution in [0.3, 0.4) is 0 Å². The second-order valence-corrected chi connectivity index (χ2v) is 2.79. The zero-order valence-electron chi connectivity index (χ0n) is 7.93. The predicted octanol–water partition coefficient (Wildman–Crippen LogP) is 1.85. The number of aromatic nitrogens is 1. The molecule has 15 heavy (non-hydrogen) atoms. The summed E-state index contributed by atoms with van der Waals surface area (Å²) in [5.41, 5.74) is -0.889. The third-order valence-corrected chi connectivity index (χ3v) is 1.65. The molecule has 1 aromatic heterocycles. The van der Waals surface area contributed by atoms with Gasteiger partial charge in [-0.3, -0.25) is 9.78 Å². The zero-order valence-corrected chi connectivity index (χ0v) is 7.93. The Bertz CT molecular complexity index is 345. The fourth-order valence-corrected chi connectivity index (χ4v) is 0.958. The molecule has 82 valence electrons. The van der Waals surface area contributed by atoms with E-state index in [-0.39, 0.29) is 5.56 Å². The van der Waals surface area contributed by atoms with Crippen molar-refractivity contribution >= 4 is 5.91 Å². The molecule has 0 aliphatic carbocycles. The molecular formula is C9H9F3N2O. The van der Waals surface area contributed by atoms with E-state index in [1.165, 1.54) is 0 Å². The Hall–Kier alpha value is -1.59. The third-order valence-electron chi connectivity index (χ3n) is 1.65. The molecule has 0 unspecified atom stereocenters. The molecule has 6 heteroatoms. The smallest absolute Gasteiger partial charge is 0.352 e. The molecule has 3 nitrogen and oxygen atoms in total. The summed E-state index contributed by atoms with van der Waals surface area (Å²) in [7, 11) is 0. The number of pyridine rings is 1. The molecule has 0 bridgehead atoms. The van der Waals surface area contributed by atoms with E-state index in [1.54, 1.807) is 6.92 Å². The summed E-state index contributed by atoms with van der Waals surface area (Å²) >= 11 is 0. The Labute approximate surface area is 84.3 Å². The van der Waals surface area contributed by atoms with Crippen LogP contribution in [0.15, 0.2) is 18.3 Å². The van der Waals surface area contributed by atoms with Crippen LogP contribution in [0.1, 0.15) is 23.0 Å². The van der Waals surface area contributed by atoms with Crippen LogP contribution < -0.4 is 5.32 Å². The highest BCUT2D eigenvalue weighted by Crippen LogP contribution is 2.27. The fourth-order valence-electron chi connectivity index (χ4n) is 0.958. The average molecular weight is 218 g/mol. The molecule has 0 spiro atoms. The van der Waals surface area contributed by atoms with Crippen molar-refractivity contribution in [2.75, 3.05) is 6.54 Å². The van der Waals surface area contributed by atoms with Gasteiger partial charge in [0.1, 0.15) is 5.69 Å². The molecule has 0 atom stereocenters. The van der Waals surface area contributed by atoms with Crippen LogP contribution in [0.4, 0.5) is 13.2 Å². The molecule has 1 amide bonds. The van der Waals surface area contributed by atoms with Crippen LogP contribution in [0.2, 0.25) is 0 Å². The Kier molecular flexibility index (Phi) is 3.28. The number of carbonyl (C=O) groups is 1. The van der Waals surface area contributed by atoms with Crippen molar-refractivity contribution in [3.05, 3.63) is 29.6 Å². The monoisotopic (exact) mass is 218 g/mol. The number of hydrogen-bond acceptors (Lipinski definition) is 2. The zero-order chi connectivity index (χ0) is 11.5. The Morgan fingerprint density at radius 3 is 2.53 bits per heavy atom. The molecule has 0 saturated heterocycles. The summed E-state index contributed by atoms with van der Waals surface area (Å²) in [4.78, 5) is 14.3. The van der Waals surface area contributed by atoms with Crippen molar-refractivity contribution < 1.29 is 18.0 Å². The van der Waals surface area contributed by atoms with Gasteiger partial charge in [0, 0.05) is 12.7 Å². The fraction of sp³-hybridized carbons (Fsp3) is 0.333. The maximum atomic E-state index is 12.1. The minimum Gasteiger partial charge on any atom is -0.352 e. The van der Waals surface area contributed by atoms with Crippen LogP contribution in [0.25, 0.3) is 0 Å². The number of alkyl halides is 3. The predicted molar refractivity (Wildman–Crippen MR) is 47.2 cm³/mol. The van der Waals surface area contributed by atoms with Gasteiger partial charge < -0.3 is 5.32 Å². The first-order chi connectivity index (χ1) is 6.95. The number of carbonyl (C=O) groups excluding carboxylic acids is 1. The normalized spacial score (nSPS) is 11.2. The lowest BCUT2D eigenvalue weighted by Gasteiger charge is -2.06. The summed E-state index contributed by atoms with van der Waals surface area (Å²) in [5.74, 6) is -0.432. The lowest BCUT2D eigenvalue weighted by molar-refractivity contribution is -0.141. The molecule has 1 rings (SSSR count). The quantitative estimate of drug-likeness (QED) is 0.823.